The summed E-state index contributed by atoms with van der Waals surface area (Å²) in [4.78, 5) is 0. The number of H-pyrrole nitrogens is 1. The van der Waals surface area contributed by atoms with E-state index in [0.29, 0.717) is 0 Å². The number of aromatic amines is 1. The first-order valence-corrected chi connectivity index (χ1v) is 9.95. The van der Waals surface area contributed by atoms with Crippen molar-refractivity contribution in [2.24, 2.45) is 5.14 Å². The lowest BCUT2D eigenvalue weighted by Gasteiger charge is -1.96. The van der Waals surface area contributed by atoms with Gasteiger partial charge >= 0.3 is 0 Å². The number of nitrogens with zero attached hydrogens (tertiary/aromatic N) is 1. The van der Waals surface area contributed by atoms with Crippen LogP contribution in [-0.4, -0.2) is 25.2 Å². The predicted octanol–water partition coefficient (Wildman–Crippen LogP) is 4.20. The zero-order valence-corrected chi connectivity index (χ0v) is 16.6. The number of nitrogens with two attached hydrogens (primary N) is 1. The van der Waals surface area contributed by atoms with Gasteiger partial charge in [-0.1, -0.05) is 44.7 Å². The third kappa shape index (κ3) is 11.5. The molecule has 0 atom stereocenters. The van der Waals surface area contributed by atoms with Crippen LogP contribution in [-0.2, 0) is 10.0 Å². The lowest BCUT2D eigenvalue weighted by Crippen LogP contribution is -2.06. The van der Waals surface area contributed by atoms with E-state index in [2.05, 4.69) is 27.2 Å². The van der Waals surface area contributed by atoms with E-state index in [-0.39, 0.29) is 5.82 Å². The Kier molecular flexibility index (Phi) is 12.1. The minimum absolute atomic E-state index is 0.236. The Morgan fingerprint density at radius 3 is 2.41 bits per heavy atom. The molecule has 0 bridgehead atoms. The van der Waals surface area contributed by atoms with Gasteiger partial charge in [-0.05, 0) is 36.8 Å². The number of sulfonamides is 1. The summed E-state index contributed by atoms with van der Waals surface area (Å²) < 4.78 is 32.8. The largest absolute Gasteiger partial charge is 0.365 e. The second-order valence-electron chi connectivity index (χ2n) is 4.78. The van der Waals surface area contributed by atoms with E-state index in [4.69, 9.17) is 0 Å². The van der Waals surface area contributed by atoms with E-state index in [1.54, 1.807) is 12.1 Å². The zero-order valence-electron chi connectivity index (χ0n) is 15.8. The average molecular weight is 395 g/mol. The van der Waals surface area contributed by atoms with Crippen LogP contribution in [0.2, 0.25) is 0 Å². The van der Waals surface area contributed by atoms with Crippen molar-refractivity contribution in [3.05, 3.63) is 72.4 Å². The summed E-state index contributed by atoms with van der Waals surface area (Å²) in [5.41, 5.74) is 1.78. The zero-order chi connectivity index (χ0) is 20.7. The quantitative estimate of drug-likeness (QED) is 0.505. The monoisotopic (exact) mass is 394 g/mol. The molecule has 2 rings (SSSR count). The van der Waals surface area contributed by atoms with Crippen LogP contribution in [0.15, 0.2) is 66.6 Å². The fraction of sp³-hybridized carbons (Fsp3) is 0.211. The molecule has 1 aromatic carbocycles. The number of anilines is 1. The number of nitrogens with one attached hydrogen (secondary N) is 2. The lowest BCUT2D eigenvalue weighted by atomic mass is 10.1. The molecular formula is C19H27FN4O2S. The Hall–Kier alpha value is -2.71. The second kappa shape index (κ2) is 13.5. The van der Waals surface area contributed by atoms with Crippen molar-refractivity contribution in [2.45, 2.75) is 20.8 Å². The van der Waals surface area contributed by atoms with Crippen molar-refractivity contribution >= 4 is 15.8 Å². The molecule has 0 aliphatic rings. The highest BCUT2D eigenvalue weighted by Gasteiger charge is 2.02. The first-order chi connectivity index (χ1) is 12.9. The molecule has 0 unspecified atom stereocenters. The van der Waals surface area contributed by atoms with Gasteiger partial charge in [-0.2, -0.15) is 5.10 Å². The van der Waals surface area contributed by atoms with E-state index in [1.807, 2.05) is 39.0 Å². The van der Waals surface area contributed by atoms with Gasteiger partial charge in [0.1, 0.15) is 11.6 Å². The molecule has 0 saturated heterocycles. The summed E-state index contributed by atoms with van der Waals surface area (Å²) in [6, 6.07) is 8.21. The molecule has 0 aliphatic carbocycles. The van der Waals surface area contributed by atoms with Gasteiger partial charge in [0.25, 0.3) is 0 Å². The standard InChI is InChI=1S/C13H14FN3.C4H7NO2S.C2H6/c1-2-3-8-15-13-9-12(16-17-13)10-4-6-11(14)7-5-10;1-2-3-4-8(5,6)7;1-2/h2-7,9H,8H2,1H3,(H2,15,16,17);2-4H,1H2,(H2,5,6,7);1-2H3/b3-2-;4-3+;. The molecule has 2 aromatic rings. The topological polar surface area (TPSA) is 101 Å². The summed E-state index contributed by atoms with van der Waals surface area (Å²) in [6.07, 6.45) is 6.58. The molecule has 4 N–H and O–H groups in total. The highest BCUT2D eigenvalue weighted by molar-refractivity contribution is 7.92. The number of allylic oxidation sites excluding steroid dienone is 3. The number of halogens is 1. The third-order valence-electron chi connectivity index (χ3n) is 2.77. The van der Waals surface area contributed by atoms with E-state index in [0.717, 1.165) is 29.0 Å². The number of rotatable bonds is 6. The highest BCUT2D eigenvalue weighted by atomic mass is 32.2. The number of primary sulfonamides is 1. The molecule has 0 spiro atoms. The number of benzene rings is 1. The maximum absolute atomic E-state index is 12.8. The highest BCUT2D eigenvalue weighted by Crippen LogP contribution is 2.19. The lowest BCUT2D eigenvalue weighted by molar-refractivity contribution is 0.606. The van der Waals surface area contributed by atoms with Crippen molar-refractivity contribution in [3.63, 3.8) is 0 Å². The molecule has 0 saturated carbocycles. The van der Waals surface area contributed by atoms with Gasteiger partial charge < -0.3 is 5.32 Å². The van der Waals surface area contributed by atoms with E-state index in [1.165, 1.54) is 24.3 Å². The smallest absolute Gasteiger partial charge is 0.231 e. The van der Waals surface area contributed by atoms with Crippen molar-refractivity contribution in [3.8, 4) is 11.3 Å². The van der Waals surface area contributed by atoms with Crippen LogP contribution in [0.4, 0.5) is 10.2 Å². The van der Waals surface area contributed by atoms with Crippen LogP contribution < -0.4 is 10.5 Å². The second-order valence-corrected chi connectivity index (χ2v) is 6.23. The average Bonchev–Trinajstić information content (AvgIpc) is 3.11. The third-order valence-corrected chi connectivity index (χ3v) is 3.31. The Balaban J connectivity index is 0.000000574. The van der Waals surface area contributed by atoms with E-state index >= 15 is 0 Å². The summed E-state index contributed by atoms with van der Waals surface area (Å²) >= 11 is 0. The van der Waals surface area contributed by atoms with Gasteiger partial charge in [0, 0.05) is 18.0 Å². The van der Waals surface area contributed by atoms with Crippen molar-refractivity contribution in [1.82, 2.24) is 10.2 Å². The van der Waals surface area contributed by atoms with Crippen LogP contribution >= 0.6 is 0 Å². The van der Waals surface area contributed by atoms with Crippen LogP contribution in [0.1, 0.15) is 20.8 Å². The van der Waals surface area contributed by atoms with Gasteiger partial charge in [0.15, 0.2) is 0 Å². The predicted molar refractivity (Wildman–Crippen MR) is 111 cm³/mol. The van der Waals surface area contributed by atoms with Crippen molar-refractivity contribution in [2.75, 3.05) is 11.9 Å². The Labute approximate surface area is 160 Å². The first kappa shape index (κ1) is 24.3. The fourth-order valence-electron chi connectivity index (χ4n) is 1.64. The van der Waals surface area contributed by atoms with Gasteiger partial charge in [0.05, 0.1) is 5.69 Å². The van der Waals surface area contributed by atoms with Crippen molar-refractivity contribution < 1.29 is 12.8 Å². The van der Waals surface area contributed by atoms with Crippen LogP contribution in [0.25, 0.3) is 11.3 Å². The van der Waals surface area contributed by atoms with Gasteiger partial charge in [-0.15, -0.1) is 0 Å². The van der Waals surface area contributed by atoms with E-state index < -0.39 is 10.0 Å². The number of hydrogen-bond donors (Lipinski definition) is 3. The Bertz CT molecular complexity index is 826. The van der Waals surface area contributed by atoms with Gasteiger partial charge in [-0.25, -0.2) is 17.9 Å². The van der Waals surface area contributed by atoms with Gasteiger partial charge in [0.2, 0.25) is 10.0 Å². The summed E-state index contributed by atoms with van der Waals surface area (Å²) in [5.74, 6) is 0.544. The molecule has 1 heterocycles. The molecule has 6 nitrogen and oxygen atoms in total. The first-order valence-electron chi connectivity index (χ1n) is 8.34. The Morgan fingerprint density at radius 1 is 1.30 bits per heavy atom. The molecule has 0 aliphatic heterocycles. The molecule has 0 radical (unpaired) electrons. The van der Waals surface area contributed by atoms with Crippen LogP contribution in [0, 0.1) is 5.82 Å². The van der Waals surface area contributed by atoms with Crippen LogP contribution in [0.5, 0.6) is 0 Å². The maximum atomic E-state index is 12.8. The minimum atomic E-state index is -3.44. The van der Waals surface area contributed by atoms with Crippen molar-refractivity contribution in [1.29, 1.82) is 0 Å². The van der Waals surface area contributed by atoms with Gasteiger partial charge in [-0.3, -0.25) is 5.10 Å². The maximum Gasteiger partial charge on any atom is 0.231 e. The number of hydrogen-bond acceptors (Lipinski definition) is 4. The molecule has 27 heavy (non-hydrogen) atoms. The Morgan fingerprint density at radius 2 is 1.93 bits per heavy atom. The SMILES string of the molecule is C/C=C\CNc1cc(-c2ccc(F)cc2)[nH]n1.C=C/C=C/S(N)(=O)=O.CC. The molecule has 0 amide bonds. The summed E-state index contributed by atoms with van der Waals surface area (Å²) in [7, 11) is -3.44. The fourth-order valence-corrected chi connectivity index (χ4v) is 1.97. The molecule has 1 aromatic heterocycles. The van der Waals surface area contributed by atoms with Crippen LogP contribution in [0.3, 0.4) is 0 Å². The molecule has 0 fully saturated rings. The summed E-state index contributed by atoms with van der Waals surface area (Å²) in [6.45, 7) is 9.97. The number of aromatic nitrogens is 2. The minimum Gasteiger partial charge on any atom is -0.365 e. The molecule has 8 heteroatoms. The summed E-state index contributed by atoms with van der Waals surface area (Å²) in [5, 5.41) is 15.6. The molecule has 148 valence electrons. The normalized spacial score (nSPS) is 10.7. The molecular weight excluding hydrogens is 367 g/mol. The van der Waals surface area contributed by atoms with E-state index in [9.17, 15) is 12.8 Å².